The lowest BCUT2D eigenvalue weighted by molar-refractivity contribution is -0.293. The van der Waals surface area contributed by atoms with Crippen molar-refractivity contribution in [3.8, 4) is 0 Å². The van der Waals surface area contributed by atoms with Crippen LogP contribution in [0.2, 0.25) is 0 Å². The standard InChI is InChI=1S/C21H39NO8/c1-4-5-6-7-8-9-10-11-15(24)22-16(13(2)3)20(28)30-21-19(27)18(26)17(25)14(12-23)29-21/h13-14,16-19,21,23,25-27H,4-12H2,1-3H3,(H,22,24)/t14-,16+,17+,18+,19-,21-/m1/s1. The number of ether oxygens (including phenoxy) is 2. The number of unbranched alkanes of at least 4 members (excludes halogenated alkanes) is 6. The molecule has 9 heteroatoms. The highest BCUT2D eigenvalue weighted by molar-refractivity contribution is 5.84. The van der Waals surface area contributed by atoms with Gasteiger partial charge in [0.15, 0.2) is 0 Å². The molecule has 1 saturated heterocycles. The molecule has 6 atom stereocenters. The van der Waals surface area contributed by atoms with E-state index >= 15 is 0 Å². The quantitative estimate of drug-likeness (QED) is 0.210. The van der Waals surface area contributed by atoms with E-state index in [-0.39, 0.29) is 11.8 Å². The van der Waals surface area contributed by atoms with Gasteiger partial charge in [0.05, 0.1) is 6.61 Å². The number of aliphatic hydroxyl groups is 4. The normalized spacial score (nSPS) is 27.7. The average molecular weight is 434 g/mol. The number of esters is 1. The zero-order valence-corrected chi connectivity index (χ0v) is 18.3. The maximum absolute atomic E-state index is 12.6. The summed E-state index contributed by atoms with van der Waals surface area (Å²) in [5.74, 6) is -1.35. The molecule has 176 valence electrons. The largest absolute Gasteiger partial charge is 0.431 e. The van der Waals surface area contributed by atoms with E-state index in [1.54, 1.807) is 13.8 Å². The second-order valence-corrected chi connectivity index (χ2v) is 8.29. The van der Waals surface area contributed by atoms with Crippen LogP contribution in [-0.4, -0.2) is 75.7 Å². The van der Waals surface area contributed by atoms with Crippen molar-refractivity contribution in [1.29, 1.82) is 0 Å². The van der Waals surface area contributed by atoms with Crippen molar-refractivity contribution in [1.82, 2.24) is 5.32 Å². The molecule has 0 radical (unpaired) electrons. The molecule has 1 aliphatic heterocycles. The van der Waals surface area contributed by atoms with Gasteiger partial charge in [-0.05, 0) is 12.3 Å². The number of rotatable bonds is 13. The maximum Gasteiger partial charge on any atom is 0.331 e. The molecule has 0 aromatic rings. The van der Waals surface area contributed by atoms with E-state index in [4.69, 9.17) is 9.47 Å². The van der Waals surface area contributed by atoms with E-state index in [0.717, 1.165) is 25.7 Å². The molecule has 5 N–H and O–H groups in total. The molecular formula is C21H39NO8. The Hall–Kier alpha value is -1.26. The number of hydrogen-bond acceptors (Lipinski definition) is 8. The molecule has 0 bridgehead atoms. The van der Waals surface area contributed by atoms with Gasteiger partial charge in [-0.25, -0.2) is 4.79 Å². The summed E-state index contributed by atoms with van der Waals surface area (Å²) < 4.78 is 10.3. The van der Waals surface area contributed by atoms with Gasteiger partial charge in [-0.1, -0.05) is 59.3 Å². The molecule has 9 nitrogen and oxygen atoms in total. The summed E-state index contributed by atoms with van der Waals surface area (Å²) in [6.07, 6.45) is 0.291. The van der Waals surface area contributed by atoms with Gasteiger partial charge in [0.2, 0.25) is 12.2 Å². The van der Waals surface area contributed by atoms with Gasteiger partial charge < -0.3 is 35.2 Å². The summed E-state index contributed by atoms with van der Waals surface area (Å²) in [7, 11) is 0. The number of aliphatic hydroxyl groups excluding tert-OH is 4. The van der Waals surface area contributed by atoms with Crippen molar-refractivity contribution in [2.75, 3.05) is 6.61 Å². The summed E-state index contributed by atoms with van der Waals surface area (Å²) in [5, 5.41) is 41.5. The first-order chi connectivity index (χ1) is 14.2. The number of nitrogens with one attached hydrogen (secondary N) is 1. The van der Waals surface area contributed by atoms with Crippen LogP contribution in [0.4, 0.5) is 0 Å². The summed E-state index contributed by atoms with van der Waals surface area (Å²) >= 11 is 0. The predicted octanol–water partition coefficient (Wildman–Crippen LogP) is 0.611. The van der Waals surface area contributed by atoms with Crippen LogP contribution in [0.5, 0.6) is 0 Å². The minimum Gasteiger partial charge on any atom is -0.431 e. The first-order valence-electron chi connectivity index (χ1n) is 11.0. The lowest BCUT2D eigenvalue weighted by atomic mass is 9.99. The number of carbonyl (C=O) groups excluding carboxylic acids is 2. The molecule has 0 saturated carbocycles. The van der Waals surface area contributed by atoms with Crippen molar-refractivity contribution in [3.05, 3.63) is 0 Å². The lowest BCUT2D eigenvalue weighted by Crippen LogP contribution is -2.60. The Bertz CT molecular complexity index is 513. The molecule has 0 unspecified atom stereocenters. The maximum atomic E-state index is 12.6. The van der Waals surface area contributed by atoms with E-state index in [0.29, 0.717) is 6.42 Å². The molecule has 1 heterocycles. The highest BCUT2D eigenvalue weighted by atomic mass is 16.7. The van der Waals surface area contributed by atoms with E-state index in [2.05, 4.69) is 12.2 Å². The summed E-state index contributed by atoms with van der Waals surface area (Å²) in [6.45, 7) is 5.03. The van der Waals surface area contributed by atoms with Gasteiger partial charge in [-0.15, -0.1) is 0 Å². The van der Waals surface area contributed by atoms with E-state index in [1.165, 1.54) is 19.3 Å². The fraction of sp³-hybridized carbons (Fsp3) is 0.905. The molecule has 30 heavy (non-hydrogen) atoms. The Balaban J connectivity index is 2.51. The Morgan fingerprint density at radius 2 is 1.57 bits per heavy atom. The SMILES string of the molecule is CCCCCCCCCC(=O)N[C@H](C(=O)O[C@H]1O[C@H](CO)[C@H](O)[C@H](O)[C@H]1O)C(C)C. The molecule has 0 aromatic carbocycles. The van der Waals surface area contributed by atoms with Gasteiger partial charge in [-0.2, -0.15) is 0 Å². The van der Waals surface area contributed by atoms with Gasteiger partial charge >= 0.3 is 5.97 Å². The first kappa shape index (κ1) is 26.8. The summed E-state index contributed by atoms with van der Waals surface area (Å²) in [6, 6.07) is -0.950. The highest BCUT2D eigenvalue weighted by Crippen LogP contribution is 2.23. The monoisotopic (exact) mass is 433 g/mol. The predicted molar refractivity (Wildman–Crippen MR) is 109 cm³/mol. The van der Waals surface area contributed by atoms with Crippen LogP contribution >= 0.6 is 0 Å². The molecule has 1 rings (SSSR count). The number of amides is 1. The smallest absolute Gasteiger partial charge is 0.331 e. The van der Waals surface area contributed by atoms with Gasteiger partial charge in [0.25, 0.3) is 0 Å². The molecule has 0 aliphatic carbocycles. The minimum atomic E-state index is -1.68. The van der Waals surface area contributed by atoms with Crippen molar-refractivity contribution in [3.63, 3.8) is 0 Å². The number of hydrogen-bond donors (Lipinski definition) is 5. The van der Waals surface area contributed by atoms with E-state index in [1.807, 2.05) is 0 Å². The molecule has 0 spiro atoms. The first-order valence-corrected chi connectivity index (χ1v) is 11.0. The average Bonchev–Trinajstić information content (AvgIpc) is 2.71. The number of carbonyl (C=O) groups is 2. The lowest BCUT2D eigenvalue weighted by Gasteiger charge is -2.39. The van der Waals surface area contributed by atoms with Gasteiger partial charge in [0, 0.05) is 6.42 Å². The van der Waals surface area contributed by atoms with Crippen LogP contribution in [0.25, 0.3) is 0 Å². The molecule has 0 aromatic heterocycles. The Kier molecular flexibility index (Phi) is 12.4. The fourth-order valence-corrected chi connectivity index (χ4v) is 3.34. The third-order valence-electron chi connectivity index (χ3n) is 5.33. The van der Waals surface area contributed by atoms with Crippen LogP contribution in [0.15, 0.2) is 0 Å². The third-order valence-corrected chi connectivity index (χ3v) is 5.33. The zero-order valence-electron chi connectivity index (χ0n) is 18.3. The van der Waals surface area contributed by atoms with Crippen LogP contribution in [0.3, 0.4) is 0 Å². The van der Waals surface area contributed by atoms with Crippen molar-refractivity contribution in [2.45, 2.75) is 109 Å². The molecule has 1 amide bonds. The van der Waals surface area contributed by atoms with Gasteiger partial charge in [-0.3, -0.25) is 4.79 Å². The summed E-state index contributed by atoms with van der Waals surface area (Å²) in [4.78, 5) is 24.8. The van der Waals surface area contributed by atoms with Crippen molar-refractivity contribution < 1.29 is 39.5 Å². The van der Waals surface area contributed by atoms with E-state index < -0.39 is 49.3 Å². The fourth-order valence-electron chi connectivity index (χ4n) is 3.34. The molecular weight excluding hydrogens is 394 g/mol. The Labute approximate surface area is 178 Å². The second kappa shape index (κ2) is 13.9. The highest BCUT2D eigenvalue weighted by Gasteiger charge is 2.46. The summed E-state index contributed by atoms with van der Waals surface area (Å²) in [5.41, 5.74) is 0. The minimum absolute atomic E-state index is 0.256. The zero-order chi connectivity index (χ0) is 22.7. The van der Waals surface area contributed by atoms with Crippen LogP contribution in [-0.2, 0) is 19.1 Å². The molecule has 1 aliphatic rings. The molecule has 1 fully saturated rings. The second-order valence-electron chi connectivity index (χ2n) is 8.29. The van der Waals surface area contributed by atoms with E-state index in [9.17, 15) is 30.0 Å². The van der Waals surface area contributed by atoms with Crippen molar-refractivity contribution in [2.24, 2.45) is 5.92 Å². The Morgan fingerprint density at radius 1 is 0.967 bits per heavy atom. The van der Waals surface area contributed by atoms with Crippen molar-refractivity contribution >= 4 is 11.9 Å². The topological polar surface area (TPSA) is 146 Å². The Morgan fingerprint density at radius 3 is 2.13 bits per heavy atom. The van der Waals surface area contributed by atoms with Crippen LogP contribution in [0.1, 0.15) is 72.1 Å². The van der Waals surface area contributed by atoms with Crippen LogP contribution in [0, 0.1) is 5.92 Å². The van der Waals surface area contributed by atoms with Crippen LogP contribution < -0.4 is 5.32 Å². The third kappa shape index (κ3) is 8.47. The van der Waals surface area contributed by atoms with Gasteiger partial charge in [0.1, 0.15) is 30.5 Å².